The molecule has 1 aliphatic heterocycles. The van der Waals surface area contributed by atoms with Crippen molar-refractivity contribution in [3.63, 3.8) is 0 Å². The molecule has 0 radical (unpaired) electrons. The number of nitrogens with zero attached hydrogens (tertiary/aromatic N) is 1. The van der Waals surface area contributed by atoms with Crippen molar-refractivity contribution >= 4 is 18.0 Å². The standard InChI is InChI=1S/C18H22N2O5/c1-2-24-16(22)18(9-7-13-5-3-4-6-14(13)18)19-15(21)8-10-20-11-12-25-17(20)23/h3-6H,2,7-12H2,1H3,(H,19,21)/t18-/m1/s1. The second kappa shape index (κ2) is 7.13. The highest BCUT2D eigenvalue weighted by Crippen LogP contribution is 2.38. The van der Waals surface area contributed by atoms with Crippen LogP contribution in [0.1, 0.15) is 30.9 Å². The molecule has 0 unspecified atom stereocenters. The summed E-state index contributed by atoms with van der Waals surface area (Å²) in [5.74, 6) is -0.724. The predicted octanol–water partition coefficient (Wildman–Crippen LogP) is 1.35. The van der Waals surface area contributed by atoms with Gasteiger partial charge in [0.05, 0.1) is 13.2 Å². The number of benzene rings is 1. The Morgan fingerprint density at radius 1 is 1.36 bits per heavy atom. The fourth-order valence-electron chi connectivity index (χ4n) is 3.42. The zero-order valence-electron chi connectivity index (χ0n) is 14.2. The first-order valence-electron chi connectivity index (χ1n) is 8.55. The Morgan fingerprint density at radius 3 is 2.88 bits per heavy atom. The molecule has 1 aromatic rings. The summed E-state index contributed by atoms with van der Waals surface area (Å²) in [7, 11) is 0. The number of aryl methyl sites for hydroxylation is 1. The minimum absolute atomic E-state index is 0.110. The number of ether oxygens (including phenoxy) is 2. The third-order valence-corrected chi connectivity index (χ3v) is 4.68. The maximum atomic E-state index is 12.7. The first kappa shape index (κ1) is 17.3. The number of rotatable bonds is 6. The highest BCUT2D eigenvalue weighted by molar-refractivity contribution is 5.90. The highest BCUT2D eigenvalue weighted by atomic mass is 16.6. The summed E-state index contributed by atoms with van der Waals surface area (Å²) in [6.45, 7) is 3.09. The number of hydrogen-bond acceptors (Lipinski definition) is 5. The van der Waals surface area contributed by atoms with Gasteiger partial charge in [-0.2, -0.15) is 0 Å². The topological polar surface area (TPSA) is 84.9 Å². The molecule has 3 rings (SSSR count). The molecule has 134 valence electrons. The minimum atomic E-state index is -1.14. The maximum absolute atomic E-state index is 12.7. The van der Waals surface area contributed by atoms with Crippen LogP contribution in [0.15, 0.2) is 24.3 Å². The molecular formula is C18H22N2O5. The molecule has 1 heterocycles. The van der Waals surface area contributed by atoms with Gasteiger partial charge < -0.3 is 19.7 Å². The van der Waals surface area contributed by atoms with E-state index in [-0.39, 0.29) is 25.5 Å². The van der Waals surface area contributed by atoms with Gasteiger partial charge in [0.1, 0.15) is 6.61 Å². The smallest absolute Gasteiger partial charge is 0.409 e. The second-order valence-corrected chi connectivity index (χ2v) is 6.18. The van der Waals surface area contributed by atoms with Gasteiger partial charge >= 0.3 is 12.1 Å². The molecule has 1 aromatic carbocycles. The van der Waals surface area contributed by atoms with Gasteiger partial charge in [0.2, 0.25) is 5.91 Å². The number of cyclic esters (lactones) is 1. The average Bonchev–Trinajstić information content (AvgIpc) is 3.18. The van der Waals surface area contributed by atoms with E-state index in [2.05, 4.69) is 5.32 Å². The zero-order valence-corrected chi connectivity index (χ0v) is 14.2. The fraction of sp³-hybridized carbons (Fsp3) is 0.500. The van der Waals surface area contributed by atoms with E-state index < -0.39 is 17.6 Å². The van der Waals surface area contributed by atoms with Gasteiger partial charge in [-0.3, -0.25) is 4.79 Å². The van der Waals surface area contributed by atoms with Crippen molar-refractivity contribution in [2.24, 2.45) is 0 Å². The Kier molecular flexibility index (Phi) is 4.92. The third-order valence-electron chi connectivity index (χ3n) is 4.68. The maximum Gasteiger partial charge on any atom is 0.409 e. The molecule has 7 nitrogen and oxygen atoms in total. The number of nitrogens with one attached hydrogen (secondary N) is 1. The van der Waals surface area contributed by atoms with E-state index in [1.807, 2.05) is 24.3 Å². The van der Waals surface area contributed by atoms with Gasteiger partial charge in [-0.05, 0) is 30.9 Å². The fourth-order valence-corrected chi connectivity index (χ4v) is 3.42. The molecule has 1 N–H and O–H groups in total. The van der Waals surface area contributed by atoms with E-state index in [9.17, 15) is 14.4 Å². The van der Waals surface area contributed by atoms with Crippen molar-refractivity contribution < 1.29 is 23.9 Å². The number of esters is 1. The van der Waals surface area contributed by atoms with Gasteiger partial charge in [-0.15, -0.1) is 0 Å². The lowest BCUT2D eigenvalue weighted by Gasteiger charge is -2.29. The van der Waals surface area contributed by atoms with E-state index in [4.69, 9.17) is 9.47 Å². The first-order valence-corrected chi connectivity index (χ1v) is 8.55. The molecule has 0 aromatic heterocycles. The largest absolute Gasteiger partial charge is 0.464 e. The van der Waals surface area contributed by atoms with Crippen LogP contribution in [0.4, 0.5) is 4.79 Å². The van der Waals surface area contributed by atoms with Crippen LogP contribution in [0, 0.1) is 0 Å². The number of hydrogen-bond donors (Lipinski definition) is 1. The summed E-state index contributed by atoms with van der Waals surface area (Å²) >= 11 is 0. The molecule has 2 aliphatic rings. The summed E-state index contributed by atoms with van der Waals surface area (Å²) in [6, 6.07) is 7.59. The van der Waals surface area contributed by atoms with E-state index in [1.165, 1.54) is 4.90 Å². The van der Waals surface area contributed by atoms with E-state index in [0.29, 0.717) is 26.0 Å². The van der Waals surface area contributed by atoms with Crippen LogP contribution in [-0.4, -0.2) is 49.2 Å². The molecule has 0 bridgehead atoms. The SMILES string of the molecule is CCOC(=O)[C@@]1(NC(=O)CCN2CCOC2=O)CCc2ccccc21. The Balaban J connectivity index is 1.74. The van der Waals surface area contributed by atoms with Gasteiger partial charge in [0.25, 0.3) is 0 Å². The Hall–Kier alpha value is -2.57. The van der Waals surface area contributed by atoms with Gasteiger partial charge in [-0.1, -0.05) is 24.3 Å². The number of carbonyl (C=O) groups excluding carboxylic acids is 3. The van der Waals surface area contributed by atoms with Crippen LogP contribution in [0.3, 0.4) is 0 Å². The van der Waals surface area contributed by atoms with Crippen LogP contribution in [0.2, 0.25) is 0 Å². The van der Waals surface area contributed by atoms with Crippen molar-refractivity contribution in [3.05, 3.63) is 35.4 Å². The molecule has 2 amide bonds. The van der Waals surface area contributed by atoms with Crippen LogP contribution < -0.4 is 5.32 Å². The quantitative estimate of drug-likeness (QED) is 0.786. The molecule has 1 atom stereocenters. The normalized spacial score (nSPS) is 21.6. The zero-order chi connectivity index (χ0) is 17.9. The molecule has 25 heavy (non-hydrogen) atoms. The van der Waals surface area contributed by atoms with Crippen molar-refractivity contribution in [1.82, 2.24) is 10.2 Å². The van der Waals surface area contributed by atoms with E-state index >= 15 is 0 Å². The monoisotopic (exact) mass is 346 g/mol. The number of fused-ring (bicyclic) bond motifs is 1. The summed E-state index contributed by atoms with van der Waals surface area (Å²) in [4.78, 5) is 38.1. The summed E-state index contributed by atoms with van der Waals surface area (Å²) < 4.78 is 10.1. The first-order chi connectivity index (χ1) is 12.1. The lowest BCUT2D eigenvalue weighted by atomic mass is 9.91. The molecule has 0 saturated carbocycles. The summed E-state index contributed by atoms with van der Waals surface area (Å²) in [5.41, 5.74) is 0.691. The third kappa shape index (κ3) is 3.31. The lowest BCUT2D eigenvalue weighted by molar-refractivity contribution is -0.154. The number of carbonyl (C=O) groups is 3. The molecule has 0 spiro atoms. The van der Waals surface area contributed by atoms with Crippen molar-refractivity contribution in [3.8, 4) is 0 Å². The molecule has 1 aliphatic carbocycles. The second-order valence-electron chi connectivity index (χ2n) is 6.18. The van der Waals surface area contributed by atoms with Gasteiger partial charge in [-0.25, -0.2) is 9.59 Å². The van der Waals surface area contributed by atoms with E-state index in [1.54, 1.807) is 6.92 Å². The van der Waals surface area contributed by atoms with Gasteiger partial charge in [0, 0.05) is 13.0 Å². The highest BCUT2D eigenvalue weighted by Gasteiger charge is 2.47. The van der Waals surface area contributed by atoms with Crippen molar-refractivity contribution in [2.75, 3.05) is 26.3 Å². The average molecular weight is 346 g/mol. The van der Waals surface area contributed by atoms with Crippen molar-refractivity contribution in [2.45, 2.75) is 31.7 Å². The molecular weight excluding hydrogens is 324 g/mol. The summed E-state index contributed by atoms with van der Waals surface area (Å²) in [5, 5.41) is 2.88. The van der Waals surface area contributed by atoms with Crippen molar-refractivity contribution in [1.29, 1.82) is 0 Å². The predicted molar refractivity (Wildman–Crippen MR) is 88.8 cm³/mol. The molecule has 1 fully saturated rings. The van der Waals surface area contributed by atoms with Crippen LogP contribution in [-0.2, 0) is 31.0 Å². The Morgan fingerprint density at radius 2 is 2.16 bits per heavy atom. The minimum Gasteiger partial charge on any atom is -0.464 e. The van der Waals surface area contributed by atoms with E-state index in [0.717, 1.165) is 11.1 Å². The molecule has 7 heteroatoms. The lowest BCUT2D eigenvalue weighted by Crippen LogP contribution is -2.51. The summed E-state index contributed by atoms with van der Waals surface area (Å²) in [6.07, 6.45) is 0.883. The van der Waals surface area contributed by atoms with Gasteiger partial charge in [0.15, 0.2) is 5.54 Å². The van der Waals surface area contributed by atoms with Crippen LogP contribution in [0.25, 0.3) is 0 Å². The number of amides is 2. The molecule has 1 saturated heterocycles. The Labute approximate surface area is 146 Å². The van der Waals surface area contributed by atoms with Crippen LogP contribution >= 0.6 is 0 Å². The Bertz CT molecular complexity index is 690. The van der Waals surface area contributed by atoms with Crippen LogP contribution in [0.5, 0.6) is 0 Å².